The molecule has 0 radical (unpaired) electrons. The van der Waals surface area contributed by atoms with Crippen LogP contribution in [0.25, 0.3) is 10.4 Å². The summed E-state index contributed by atoms with van der Waals surface area (Å²) in [5, 5.41) is 16.4. The van der Waals surface area contributed by atoms with Crippen molar-refractivity contribution in [2.45, 2.75) is 104 Å². The van der Waals surface area contributed by atoms with Gasteiger partial charge in [0.05, 0.1) is 18.1 Å². The van der Waals surface area contributed by atoms with Gasteiger partial charge in [-0.15, -0.1) is 11.3 Å². The number of hydrogen-bond acceptors (Lipinski definition) is 9. The standard InChI is InChI=1S/C39H54N6O4S/c1-22(2)35(40)38(47)45-36(23(3)4)39(48)49-31-13-12-28(17-31)42-21-32-14-15-34(50-32)27-9-7-8-26(16-27)25(6)43-37(46)33-18-29(11-10-24(33)5)44-30-19-41-20-30/h7-11,14-16,18,22-23,25,28,30-31,35-36,41-42,44H,12-13,17,19-21,40H2,1-6H3,(H,43,46)(H,45,47)/t25?,28-,31+,35?,36?/m0/s1. The molecule has 2 fully saturated rings. The Morgan fingerprint density at radius 3 is 2.42 bits per heavy atom. The molecule has 5 atom stereocenters. The molecule has 1 aromatic heterocycles. The van der Waals surface area contributed by atoms with E-state index in [9.17, 15) is 14.4 Å². The second kappa shape index (κ2) is 17.0. The van der Waals surface area contributed by atoms with Crippen LogP contribution in [0.4, 0.5) is 5.69 Å². The Balaban J connectivity index is 1.11. The molecule has 1 aliphatic carbocycles. The van der Waals surface area contributed by atoms with Crippen molar-refractivity contribution < 1.29 is 19.1 Å². The summed E-state index contributed by atoms with van der Waals surface area (Å²) in [7, 11) is 0. The summed E-state index contributed by atoms with van der Waals surface area (Å²) >= 11 is 1.75. The van der Waals surface area contributed by atoms with E-state index in [0.717, 1.165) is 61.3 Å². The van der Waals surface area contributed by atoms with Gasteiger partial charge in [-0.1, -0.05) is 52.0 Å². The maximum atomic E-state index is 13.3. The first-order valence-corrected chi connectivity index (χ1v) is 18.8. The summed E-state index contributed by atoms with van der Waals surface area (Å²) in [6, 6.07) is 17.7. The molecule has 0 bridgehead atoms. The molecule has 2 heterocycles. The van der Waals surface area contributed by atoms with E-state index in [1.54, 1.807) is 11.3 Å². The number of esters is 1. The van der Waals surface area contributed by atoms with Crippen LogP contribution in [0.5, 0.6) is 0 Å². The number of aryl methyl sites for hydroxylation is 1. The van der Waals surface area contributed by atoms with Gasteiger partial charge in [0, 0.05) is 46.7 Å². The van der Waals surface area contributed by atoms with Crippen LogP contribution in [0.2, 0.25) is 0 Å². The first-order chi connectivity index (χ1) is 23.9. The molecule has 1 aliphatic heterocycles. The minimum absolute atomic E-state index is 0.0239. The Labute approximate surface area is 300 Å². The van der Waals surface area contributed by atoms with Gasteiger partial charge in [-0.25, -0.2) is 4.79 Å². The Hall–Kier alpha value is -3.77. The molecule has 5 rings (SSSR count). The highest BCUT2D eigenvalue weighted by Crippen LogP contribution is 2.31. The van der Waals surface area contributed by atoms with Crippen LogP contribution in [0.15, 0.2) is 54.6 Å². The second-order valence-electron chi connectivity index (χ2n) is 14.6. The number of rotatable bonds is 15. The van der Waals surface area contributed by atoms with Crippen LogP contribution < -0.4 is 32.3 Å². The molecular weight excluding hydrogens is 649 g/mol. The molecule has 3 aromatic rings. The first kappa shape index (κ1) is 37.5. The fraction of sp³-hybridized carbons (Fsp3) is 0.513. The Morgan fingerprint density at radius 1 is 0.940 bits per heavy atom. The van der Waals surface area contributed by atoms with Crippen molar-refractivity contribution >= 4 is 34.8 Å². The van der Waals surface area contributed by atoms with E-state index >= 15 is 0 Å². The van der Waals surface area contributed by atoms with E-state index in [1.165, 1.54) is 9.75 Å². The largest absolute Gasteiger partial charge is 0.461 e. The third-order valence-corrected chi connectivity index (χ3v) is 10.9. The molecule has 2 amide bonds. The lowest BCUT2D eigenvalue weighted by molar-refractivity contribution is -0.154. The number of ether oxygens (including phenoxy) is 1. The van der Waals surface area contributed by atoms with E-state index in [-0.39, 0.29) is 41.8 Å². The van der Waals surface area contributed by atoms with E-state index in [1.807, 2.05) is 65.8 Å². The van der Waals surface area contributed by atoms with Crippen LogP contribution in [0.1, 0.15) is 86.3 Å². The van der Waals surface area contributed by atoms with Crippen molar-refractivity contribution in [1.82, 2.24) is 21.3 Å². The molecule has 2 aliphatic rings. The molecule has 1 saturated heterocycles. The average Bonchev–Trinajstić information content (AvgIpc) is 3.73. The summed E-state index contributed by atoms with van der Waals surface area (Å²) in [5.41, 5.74) is 10.7. The minimum Gasteiger partial charge on any atom is -0.461 e. The van der Waals surface area contributed by atoms with Crippen LogP contribution in [0.3, 0.4) is 0 Å². The van der Waals surface area contributed by atoms with E-state index in [2.05, 4.69) is 56.9 Å². The second-order valence-corrected chi connectivity index (χ2v) is 15.7. The van der Waals surface area contributed by atoms with Crippen molar-refractivity contribution in [3.8, 4) is 10.4 Å². The van der Waals surface area contributed by atoms with Crippen molar-refractivity contribution in [1.29, 1.82) is 0 Å². The van der Waals surface area contributed by atoms with Gasteiger partial charge in [0.1, 0.15) is 12.1 Å². The molecule has 2 aromatic carbocycles. The topological polar surface area (TPSA) is 147 Å². The van der Waals surface area contributed by atoms with Gasteiger partial charge in [-0.05, 0) is 92.0 Å². The molecule has 50 heavy (non-hydrogen) atoms. The third-order valence-electron chi connectivity index (χ3n) is 9.79. The number of benzene rings is 2. The van der Waals surface area contributed by atoms with Crippen LogP contribution in [-0.2, 0) is 20.9 Å². The van der Waals surface area contributed by atoms with Crippen molar-refractivity contribution in [2.75, 3.05) is 18.4 Å². The van der Waals surface area contributed by atoms with Gasteiger partial charge in [0.25, 0.3) is 5.91 Å². The van der Waals surface area contributed by atoms with Gasteiger partial charge in [0.2, 0.25) is 5.91 Å². The summed E-state index contributed by atoms with van der Waals surface area (Å²) in [6.45, 7) is 14.1. The third kappa shape index (κ3) is 9.72. The fourth-order valence-corrected chi connectivity index (χ4v) is 7.25. The predicted octanol–water partition coefficient (Wildman–Crippen LogP) is 5.28. The number of thiophene rings is 1. The molecule has 1 saturated carbocycles. The maximum absolute atomic E-state index is 13.3. The summed E-state index contributed by atoms with van der Waals surface area (Å²) in [4.78, 5) is 41.3. The molecule has 7 N–H and O–H groups in total. The Bertz CT molecular complexity index is 1640. The number of hydrogen-bond donors (Lipinski definition) is 6. The van der Waals surface area contributed by atoms with Crippen molar-refractivity contribution in [3.63, 3.8) is 0 Å². The minimum atomic E-state index is -0.722. The van der Waals surface area contributed by atoms with E-state index in [0.29, 0.717) is 11.6 Å². The number of nitrogens with one attached hydrogen (secondary N) is 5. The fourth-order valence-electron chi connectivity index (χ4n) is 6.29. The summed E-state index contributed by atoms with van der Waals surface area (Å²) < 4.78 is 5.87. The Kier molecular flexibility index (Phi) is 12.7. The zero-order valence-corrected chi connectivity index (χ0v) is 31.0. The number of nitrogens with two attached hydrogens (primary N) is 1. The smallest absolute Gasteiger partial charge is 0.329 e. The predicted molar refractivity (Wildman–Crippen MR) is 201 cm³/mol. The lowest BCUT2D eigenvalue weighted by Gasteiger charge is -2.29. The highest BCUT2D eigenvalue weighted by molar-refractivity contribution is 7.15. The first-order valence-electron chi connectivity index (χ1n) is 18.0. The van der Waals surface area contributed by atoms with Crippen molar-refractivity contribution in [2.24, 2.45) is 17.6 Å². The van der Waals surface area contributed by atoms with E-state index in [4.69, 9.17) is 10.5 Å². The molecule has 11 heteroatoms. The molecule has 10 nitrogen and oxygen atoms in total. The van der Waals surface area contributed by atoms with Gasteiger partial charge in [0.15, 0.2) is 0 Å². The van der Waals surface area contributed by atoms with Crippen LogP contribution in [-0.4, -0.2) is 61.1 Å². The number of amides is 2. The number of carbonyl (C=O) groups excluding carboxylic acids is 3. The lowest BCUT2D eigenvalue weighted by atomic mass is 10.0. The van der Waals surface area contributed by atoms with Gasteiger partial charge in [-0.2, -0.15) is 0 Å². The highest BCUT2D eigenvalue weighted by atomic mass is 32.1. The number of anilines is 1. The normalized spacial score (nSPS) is 19.5. The van der Waals surface area contributed by atoms with Gasteiger partial charge in [-0.3, -0.25) is 9.59 Å². The van der Waals surface area contributed by atoms with Crippen LogP contribution >= 0.6 is 11.3 Å². The zero-order valence-electron chi connectivity index (χ0n) is 30.2. The number of carbonyl (C=O) groups is 3. The molecule has 3 unspecified atom stereocenters. The summed E-state index contributed by atoms with van der Waals surface area (Å²) in [6.07, 6.45) is 2.25. The maximum Gasteiger partial charge on any atom is 0.329 e. The monoisotopic (exact) mass is 702 g/mol. The lowest BCUT2D eigenvalue weighted by Crippen LogP contribution is -2.52. The van der Waals surface area contributed by atoms with E-state index < -0.39 is 18.1 Å². The van der Waals surface area contributed by atoms with Gasteiger partial charge >= 0.3 is 5.97 Å². The van der Waals surface area contributed by atoms with Crippen LogP contribution in [0, 0.1) is 18.8 Å². The Morgan fingerprint density at radius 2 is 1.72 bits per heavy atom. The average molecular weight is 703 g/mol. The SMILES string of the molecule is Cc1ccc(NC2CNC2)cc1C(=O)NC(C)c1cccc(-c2ccc(CN[C@H]3CC[C@@H](OC(=O)C(NC(=O)C(N)C(C)C)C(C)C)C3)s2)c1. The molecule has 0 spiro atoms. The summed E-state index contributed by atoms with van der Waals surface area (Å²) in [5.74, 6) is -0.938. The van der Waals surface area contributed by atoms with Gasteiger partial charge < -0.3 is 37.1 Å². The van der Waals surface area contributed by atoms with Crippen molar-refractivity contribution in [3.05, 3.63) is 76.2 Å². The highest BCUT2D eigenvalue weighted by Gasteiger charge is 2.33. The quantitative estimate of drug-likeness (QED) is 0.117. The zero-order chi connectivity index (χ0) is 35.9. The molecular formula is C39H54N6O4S. The molecule has 270 valence electrons.